The molecule has 126 valence electrons. The van der Waals surface area contributed by atoms with Gasteiger partial charge in [-0.1, -0.05) is 6.07 Å². The maximum Gasteiger partial charge on any atom is 0.341 e. The standard InChI is InChI=1S/C17H23NO5/c1-3-22-16(20)13-8-5-9-14(15(13)17(21)23-4-2)18-10-6-7-12(19)11-18/h5,8-9,12,19H,3-4,6-7,10-11H2,1-2H3. The number of hydrogen-bond donors (Lipinski definition) is 1. The van der Waals surface area contributed by atoms with Crippen LogP contribution in [0.5, 0.6) is 0 Å². The summed E-state index contributed by atoms with van der Waals surface area (Å²) in [6.45, 7) is 5.03. The molecule has 23 heavy (non-hydrogen) atoms. The molecule has 1 aliphatic rings. The van der Waals surface area contributed by atoms with Crippen LogP contribution in [0, 0.1) is 0 Å². The second-order valence-corrected chi connectivity index (χ2v) is 5.38. The summed E-state index contributed by atoms with van der Waals surface area (Å²) >= 11 is 0. The highest BCUT2D eigenvalue weighted by molar-refractivity contribution is 6.07. The molecule has 6 nitrogen and oxygen atoms in total. The van der Waals surface area contributed by atoms with E-state index in [0.717, 1.165) is 19.4 Å². The van der Waals surface area contributed by atoms with E-state index >= 15 is 0 Å². The van der Waals surface area contributed by atoms with Crippen LogP contribution in [0.25, 0.3) is 0 Å². The molecule has 1 heterocycles. The van der Waals surface area contributed by atoms with Gasteiger partial charge in [0.15, 0.2) is 0 Å². The number of carbonyl (C=O) groups is 2. The van der Waals surface area contributed by atoms with Gasteiger partial charge in [0.1, 0.15) is 0 Å². The lowest BCUT2D eigenvalue weighted by Crippen LogP contribution is -2.39. The van der Waals surface area contributed by atoms with Crippen LogP contribution < -0.4 is 4.90 Å². The lowest BCUT2D eigenvalue weighted by atomic mass is 10.0. The third-order valence-electron chi connectivity index (χ3n) is 3.75. The summed E-state index contributed by atoms with van der Waals surface area (Å²) in [7, 11) is 0. The molecule has 1 atom stereocenters. The van der Waals surface area contributed by atoms with Crippen molar-refractivity contribution in [3.05, 3.63) is 29.3 Å². The number of β-amino-alcohol motifs (C(OH)–C–C–N with tert-alkyl or cyclic N) is 1. The molecule has 1 aromatic carbocycles. The van der Waals surface area contributed by atoms with Crippen molar-refractivity contribution in [3.63, 3.8) is 0 Å². The quantitative estimate of drug-likeness (QED) is 0.836. The number of ether oxygens (including phenoxy) is 2. The predicted octanol–water partition coefficient (Wildman–Crippen LogP) is 2.00. The van der Waals surface area contributed by atoms with Crippen LogP contribution >= 0.6 is 0 Å². The first-order chi connectivity index (χ1) is 11.1. The van der Waals surface area contributed by atoms with Gasteiger partial charge in [0, 0.05) is 13.1 Å². The highest BCUT2D eigenvalue weighted by atomic mass is 16.5. The van der Waals surface area contributed by atoms with Gasteiger partial charge in [-0.15, -0.1) is 0 Å². The lowest BCUT2D eigenvalue weighted by Gasteiger charge is -2.33. The SMILES string of the molecule is CCOC(=O)c1cccc(N2CCCC(O)C2)c1C(=O)OCC. The Kier molecular flexibility index (Phi) is 5.98. The van der Waals surface area contributed by atoms with E-state index in [1.165, 1.54) is 0 Å². The van der Waals surface area contributed by atoms with E-state index in [9.17, 15) is 14.7 Å². The van der Waals surface area contributed by atoms with Gasteiger partial charge >= 0.3 is 11.9 Å². The summed E-state index contributed by atoms with van der Waals surface area (Å²) in [6.07, 6.45) is 1.13. The zero-order valence-electron chi connectivity index (χ0n) is 13.6. The van der Waals surface area contributed by atoms with Crippen LogP contribution in [0.1, 0.15) is 47.4 Å². The van der Waals surface area contributed by atoms with Crippen LogP contribution in [-0.4, -0.2) is 49.5 Å². The highest BCUT2D eigenvalue weighted by Gasteiger charge is 2.27. The Morgan fingerprint density at radius 1 is 1.22 bits per heavy atom. The van der Waals surface area contributed by atoms with Gasteiger partial charge in [0.25, 0.3) is 0 Å². The molecule has 0 radical (unpaired) electrons. The second kappa shape index (κ2) is 7.97. The first-order valence-electron chi connectivity index (χ1n) is 7.98. The number of hydrogen-bond acceptors (Lipinski definition) is 6. The Hall–Kier alpha value is -2.08. The van der Waals surface area contributed by atoms with Gasteiger partial charge in [-0.3, -0.25) is 0 Å². The summed E-state index contributed by atoms with van der Waals surface area (Å²) in [5.74, 6) is -1.10. The molecular weight excluding hydrogens is 298 g/mol. The summed E-state index contributed by atoms with van der Waals surface area (Å²) in [4.78, 5) is 26.5. The fourth-order valence-corrected chi connectivity index (χ4v) is 2.77. The number of aliphatic hydroxyl groups is 1. The van der Waals surface area contributed by atoms with Crippen molar-refractivity contribution in [2.75, 3.05) is 31.2 Å². The lowest BCUT2D eigenvalue weighted by molar-refractivity contribution is 0.0479. The first-order valence-corrected chi connectivity index (χ1v) is 7.98. The van der Waals surface area contributed by atoms with Gasteiger partial charge in [-0.05, 0) is 38.8 Å². The Morgan fingerprint density at radius 2 is 1.91 bits per heavy atom. The normalized spacial score (nSPS) is 17.7. The summed E-state index contributed by atoms with van der Waals surface area (Å²) in [5.41, 5.74) is 1.01. The molecule has 6 heteroatoms. The van der Waals surface area contributed by atoms with E-state index in [0.29, 0.717) is 12.2 Å². The summed E-state index contributed by atoms with van der Waals surface area (Å²) < 4.78 is 10.2. The molecule has 2 rings (SSSR count). The molecule has 0 saturated carbocycles. The van der Waals surface area contributed by atoms with Crippen molar-refractivity contribution in [2.45, 2.75) is 32.8 Å². The van der Waals surface area contributed by atoms with Crippen LogP contribution in [-0.2, 0) is 9.47 Å². The average molecular weight is 321 g/mol. The second-order valence-electron chi connectivity index (χ2n) is 5.38. The number of rotatable bonds is 5. The smallest absolute Gasteiger partial charge is 0.341 e. The van der Waals surface area contributed by atoms with Crippen molar-refractivity contribution >= 4 is 17.6 Å². The van der Waals surface area contributed by atoms with Gasteiger partial charge in [-0.2, -0.15) is 0 Å². The topological polar surface area (TPSA) is 76.1 Å². The highest BCUT2D eigenvalue weighted by Crippen LogP contribution is 2.28. The zero-order chi connectivity index (χ0) is 16.8. The van der Waals surface area contributed by atoms with Crippen LogP contribution in [0.2, 0.25) is 0 Å². The molecule has 0 aromatic heterocycles. The molecule has 0 amide bonds. The van der Waals surface area contributed by atoms with Crippen molar-refractivity contribution in [1.82, 2.24) is 0 Å². The van der Waals surface area contributed by atoms with E-state index in [1.807, 2.05) is 4.90 Å². The maximum atomic E-state index is 12.4. The number of esters is 2. The van der Waals surface area contributed by atoms with E-state index < -0.39 is 18.0 Å². The Bertz CT molecular complexity index is 572. The number of benzene rings is 1. The molecular formula is C17H23NO5. The Morgan fingerprint density at radius 3 is 2.57 bits per heavy atom. The predicted molar refractivity (Wildman–Crippen MR) is 85.8 cm³/mol. The van der Waals surface area contributed by atoms with Crippen molar-refractivity contribution in [1.29, 1.82) is 0 Å². The van der Waals surface area contributed by atoms with Gasteiger partial charge in [0.2, 0.25) is 0 Å². The molecule has 1 unspecified atom stereocenters. The fraction of sp³-hybridized carbons (Fsp3) is 0.529. The number of carbonyl (C=O) groups excluding carboxylic acids is 2. The fourth-order valence-electron chi connectivity index (χ4n) is 2.77. The van der Waals surface area contributed by atoms with Crippen molar-refractivity contribution < 1.29 is 24.2 Å². The Balaban J connectivity index is 2.45. The minimum absolute atomic E-state index is 0.197. The Labute approximate surface area is 136 Å². The van der Waals surface area contributed by atoms with Gasteiger partial charge in [0.05, 0.1) is 36.1 Å². The van der Waals surface area contributed by atoms with E-state index in [-0.39, 0.29) is 24.3 Å². The van der Waals surface area contributed by atoms with E-state index in [1.54, 1.807) is 32.0 Å². The molecule has 1 N–H and O–H groups in total. The zero-order valence-corrected chi connectivity index (χ0v) is 13.6. The van der Waals surface area contributed by atoms with E-state index in [4.69, 9.17) is 9.47 Å². The monoisotopic (exact) mass is 321 g/mol. The molecule has 1 aromatic rings. The molecule has 1 saturated heterocycles. The van der Waals surface area contributed by atoms with Crippen LogP contribution in [0.3, 0.4) is 0 Å². The summed E-state index contributed by atoms with van der Waals surface area (Å²) in [6, 6.07) is 5.05. The van der Waals surface area contributed by atoms with Crippen molar-refractivity contribution in [2.24, 2.45) is 0 Å². The molecule has 1 fully saturated rings. The third kappa shape index (κ3) is 4.01. The molecule has 1 aliphatic heterocycles. The first kappa shape index (κ1) is 17.3. The number of aliphatic hydroxyl groups excluding tert-OH is 1. The average Bonchev–Trinajstić information content (AvgIpc) is 2.54. The largest absolute Gasteiger partial charge is 0.462 e. The number of anilines is 1. The molecule has 0 spiro atoms. The number of nitrogens with zero attached hydrogens (tertiary/aromatic N) is 1. The number of piperidine rings is 1. The van der Waals surface area contributed by atoms with Crippen molar-refractivity contribution in [3.8, 4) is 0 Å². The summed E-state index contributed by atoms with van der Waals surface area (Å²) in [5, 5.41) is 9.89. The van der Waals surface area contributed by atoms with Gasteiger partial charge < -0.3 is 19.5 Å². The molecule has 0 aliphatic carbocycles. The maximum absolute atomic E-state index is 12.4. The molecule has 0 bridgehead atoms. The van der Waals surface area contributed by atoms with E-state index in [2.05, 4.69) is 0 Å². The van der Waals surface area contributed by atoms with Crippen LogP contribution in [0.15, 0.2) is 18.2 Å². The third-order valence-corrected chi connectivity index (χ3v) is 3.75. The van der Waals surface area contributed by atoms with Crippen LogP contribution in [0.4, 0.5) is 5.69 Å². The minimum atomic E-state index is -0.550. The van der Waals surface area contributed by atoms with Gasteiger partial charge in [-0.25, -0.2) is 9.59 Å². The minimum Gasteiger partial charge on any atom is -0.462 e.